The van der Waals surface area contributed by atoms with E-state index in [-0.39, 0.29) is 33.6 Å². The van der Waals surface area contributed by atoms with Crippen molar-refractivity contribution in [1.29, 1.82) is 0 Å². The lowest BCUT2D eigenvalue weighted by Gasteiger charge is -2.43. The molecule has 0 saturated carbocycles. The van der Waals surface area contributed by atoms with Gasteiger partial charge in [-0.25, -0.2) is 30.8 Å². The van der Waals surface area contributed by atoms with Crippen LogP contribution >= 0.6 is 11.3 Å². The van der Waals surface area contributed by atoms with E-state index in [4.69, 9.17) is 9.47 Å². The second-order valence-electron chi connectivity index (χ2n) is 11.9. The van der Waals surface area contributed by atoms with Crippen LogP contribution in [0.15, 0.2) is 75.1 Å². The van der Waals surface area contributed by atoms with Gasteiger partial charge < -0.3 is 14.4 Å². The molecule has 45 heavy (non-hydrogen) atoms. The molecular formula is C31H40N2O8S3Si. The molecule has 1 aliphatic heterocycles. The number of sulfonamides is 1. The van der Waals surface area contributed by atoms with Gasteiger partial charge in [0, 0.05) is 12.1 Å². The molecule has 1 aliphatic rings. The van der Waals surface area contributed by atoms with Crippen molar-refractivity contribution in [2.24, 2.45) is 0 Å². The van der Waals surface area contributed by atoms with E-state index in [1.54, 1.807) is 13.8 Å². The molecule has 10 nitrogen and oxygen atoms in total. The maximum Gasteiger partial charge on any atom is 0.410 e. The largest absolute Gasteiger partial charge is 0.463 e. The van der Waals surface area contributed by atoms with Gasteiger partial charge in [-0.3, -0.25) is 0 Å². The van der Waals surface area contributed by atoms with Crippen LogP contribution in [0, 0.1) is 0 Å². The smallest absolute Gasteiger partial charge is 0.410 e. The molecular weight excluding hydrogens is 653 g/mol. The van der Waals surface area contributed by atoms with Gasteiger partial charge in [0.25, 0.3) is 0 Å². The molecule has 0 bridgehead atoms. The summed E-state index contributed by atoms with van der Waals surface area (Å²) in [7, 11) is -11.5. The van der Waals surface area contributed by atoms with Crippen molar-refractivity contribution in [3.8, 4) is 0 Å². The summed E-state index contributed by atoms with van der Waals surface area (Å²) >= 11 is 0.694. The summed E-state index contributed by atoms with van der Waals surface area (Å²) in [6.07, 6.45) is -0.787. The number of carbonyl (C=O) groups is 2. The van der Waals surface area contributed by atoms with Crippen LogP contribution < -0.4 is 14.8 Å². The van der Waals surface area contributed by atoms with Crippen molar-refractivity contribution < 1.29 is 35.9 Å². The first kappa shape index (κ1) is 34.8. The fourth-order valence-electron chi connectivity index (χ4n) is 5.81. The number of hydrogen-bond donors (Lipinski definition) is 1. The summed E-state index contributed by atoms with van der Waals surface area (Å²) in [5.41, 5.74) is 0.218. The monoisotopic (exact) mass is 692 g/mol. The first-order valence-corrected chi connectivity index (χ1v) is 20.6. The summed E-state index contributed by atoms with van der Waals surface area (Å²) in [6.45, 7) is 10.6. The molecule has 3 aromatic rings. The lowest BCUT2D eigenvalue weighted by atomic mass is 10.0. The van der Waals surface area contributed by atoms with E-state index in [9.17, 15) is 26.4 Å². The second kappa shape index (κ2) is 13.4. The standard InChI is InChI=1S/C31H40N2O8S3Si/c1-7-33(30(35)41-21-27(34)40-8-2)26-19-22(3)43(36,37)29-25(26)20-28(42-29)44(38,39)32-45(31(4,5)6,23-15-11-9-12-16-23)24-17-13-10-14-18-24/h9-18,20,22,26,32H,7-8,19,21H2,1-6H3/t22-,26-/m0/s1. The van der Waals surface area contributed by atoms with E-state index in [1.807, 2.05) is 81.4 Å². The molecule has 2 heterocycles. The van der Waals surface area contributed by atoms with Gasteiger partial charge in [0.2, 0.25) is 18.3 Å². The van der Waals surface area contributed by atoms with E-state index in [0.29, 0.717) is 11.3 Å². The Morgan fingerprint density at radius 3 is 2.04 bits per heavy atom. The average Bonchev–Trinajstić information content (AvgIpc) is 3.47. The van der Waals surface area contributed by atoms with E-state index in [0.717, 1.165) is 10.4 Å². The molecule has 0 radical (unpaired) electrons. The van der Waals surface area contributed by atoms with Gasteiger partial charge in [-0.1, -0.05) is 81.4 Å². The Kier molecular flexibility index (Phi) is 10.3. The molecule has 244 valence electrons. The van der Waals surface area contributed by atoms with Gasteiger partial charge >= 0.3 is 12.1 Å². The van der Waals surface area contributed by atoms with Crippen molar-refractivity contribution in [1.82, 2.24) is 9.29 Å². The zero-order valence-corrected chi connectivity index (χ0v) is 29.7. The number of ether oxygens (including phenoxy) is 2. The molecule has 1 aromatic heterocycles. The van der Waals surface area contributed by atoms with Crippen molar-refractivity contribution in [3.05, 3.63) is 72.3 Å². The Labute approximate surface area is 270 Å². The van der Waals surface area contributed by atoms with Gasteiger partial charge in [-0.05, 0) is 48.7 Å². The summed E-state index contributed by atoms with van der Waals surface area (Å²) in [5.74, 6) is -0.708. The summed E-state index contributed by atoms with van der Waals surface area (Å²) in [4.78, 5) is 26.2. The number of sulfone groups is 1. The highest BCUT2D eigenvalue weighted by atomic mass is 32.3. The molecule has 0 saturated heterocycles. The molecule has 4 rings (SSSR count). The number of esters is 1. The van der Waals surface area contributed by atoms with E-state index < -0.39 is 63.1 Å². The molecule has 0 fully saturated rings. The van der Waals surface area contributed by atoms with Gasteiger partial charge in [-0.2, -0.15) is 0 Å². The maximum atomic E-state index is 14.5. The zero-order valence-electron chi connectivity index (χ0n) is 26.3. The first-order valence-electron chi connectivity index (χ1n) is 14.7. The Morgan fingerprint density at radius 1 is 1.00 bits per heavy atom. The Hall–Kier alpha value is -3.04. The molecule has 1 N–H and O–H groups in total. The maximum absolute atomic E-state index is 14.5. The van der Waals surface area contributed by atoms with Crippen LogP contribution in [0.25, 0.3) is 0 Å². The van der Waals surface area contributed by atoms with Crippen LogP contribution in [0.4, 0.5) is 4.79 Å². The number of nitrogens with zero attached hydrogens (tertiary/aromatic N) is 1. The van der Waals surface area contributed by atoms with Crippen molar-refractivity contribution in [2.75, 3.05) is 19.8 Å². The molecule has 1 amide bonds. The molecule has 2 aromatic carbocycles. The lowest BCUT2D eigenvalue weighted by molar-refractivity contribution is -0.146. The molecule has 14 heteroatoms. The van der Waals surface area contributed by atoms with Gasteiger partial charge in [0.1, 0.15) is 8.42 Å². The topological polar surface area (TPSA) is 136 Å². The normalized spacial score (nSPS) is 18.1. The summed E-state index contributed by atoms with van der Waals surface area (Å²) in [5, 5.41) is 0.272. The van der Waals surface area contributed by atoms with Crippen LogP contribution in [-0.2, 0) is 34.1 Å². The zero-order chi connectivity index (χ0) is 33.2. The predicted octanol–water partition coefficient (Wildman–Crippen LogP) is 4.22. The van der Waals surface area contributed by atoms with E-state index >= 15 is 0 Å². The third-order valence-corrected chi connectivity index (χ3v) is 20.3. The number of fused-ring (bicyclic) bond motifs is 1. The minimum Gasteiger partial charge on any atom is -0.463 e. The Bertz CT molecular complexity index is 1700. The van der Waals surface area contributed by atoms with E-state index in [2.05, 4.69) is 4.39 Å². The van der Waals surface area contributed by atoms with Gasteiger partial charge in [-0.15, -0.1) is 11.3 Å². The molecule has 0 spiro atoms. The quantitative estimate of drug-likeness (QED) is 0.247. The summed E-state index contributed by atoms with van der Waals surface area (Å²) in [6, 6.07) is 19.6. The number of nitrogens with one attached hydrogen (secondary N) is 1. The number of benzene rings is 2. The van der Waals surface area contributed by atoms with Crippen LogP contribution in [0.1, 0.15) is 59.6 Å². The van der Waals surface area contributed by atoms with Crippen LogP contribution in [-0.4, -0.2) is 67.0 Å². The highest BCUT2D eigenvalue weighted by molar-refractivity contribution is 7.96. The number of amides is 1. The van der Waals surface area contributed by atoms with Crippen molar-refractivity contribution in [3.63, 3.8) is 0 Å². The number of rotatable bonds is 10. The number of carbonyl (C=O) groups excluding carboxylic acids is 2. The fourth-order valence-corrected chi connectivity index (χ4v) is 18.2. The van der Waals surface area contributed by atoms with E-state index in [1.165, 1.54) is 17.9 Å². The van der Waals surface area contributed by atoms with Crippen molar-refractivity contribution in [2.45, 2.75) is 72.7 Å². The van der Waals surface area contributed by atoms with Crippen LogP contribution in [0.3, 0.4) is 0 Å². The highest BCUT2D eigenvalue weighted by Gasteiger charge is 2.52. The number of thiophene rings is 1. The molecule has 2 atom stereocenters. The fraction of sp³-hybridized carbons (Fsp3) is 0.419. The molecule has 0 aliphatic carbocycles. The van der Waals surface area contributed by atoms with Crippen molar-refractivity contribution >= 4 is 61.9 Å². The minimum absolute atomic E-state index is 0.0377. The van der Waals surface area contributed by atoms with Crippen LogP contribution in [0.5, 0.6) is 0 Å². The van der Waals surface area contributed by atoms with Gasteiger partial charge in [0.05, 0.1) is 17.9 Å². The Balaban J connectivity index is 1.83. The lowest BCUT2D eigenvalue weighted by Crippen LogP contribution is -2.74. The third kappa shape index (κ3) is 6.75. The SMILES string of the molecule is CCOC(=O)COC(=O)N(CC)[C@H]1C[C@H](C)S(=O)(=O)c2sc(S(=O)(=O)N[Si](c3ccccc3)(c3ccccc3)C(C)(C)C)cc21. The van der Waals surface area contributed by atoms with Gasteiger partial charge in [0.15, 0.2) is 16.4 Å². The van der Waals surface area contributed by atoms with Crippen LogP contribution in [0.2, 0.25) is 5.04 Å². The molecule has 0 unspecified atom stereocenters. The average molecular weight is 693 g/mol. The highest BCUT2D eigenvalue weighted by Crippen LogP contribution is 2.46. The third-order valence-electron chi connectivity index (χ3n) is 8.07. The first-order chi connectivity index (χ1) is 21.1. The number of hydrogen-bond acceptors (Lipinski definition) is 9. The Morgan fingerprint density at radius 2 is 1.56 bits per heavy atom. The summed E-state index contributed by atoms with van der Waals surface area (Å²) < 4.78 is 68.9. The predicted molar refractivity (Wildman–Crippen MR) is 177 cm³/mol. The minimum atomic E-state index is -4.29. The second-order valence-corrected chi connectivity index (χ2v) is 22.2.